The van der Waals surface area contributed by atoms with Gasteiger partial charge in [-0.25, -0.2) is 4.79 Å². The number of aliphatic hydroxyl groups is 1. The standard InChI is InChI=1S/C43H58N4O7/c1-7-8-25-44-40(51)38-33(24-26-53-38)37(49)34(27-29(2)3)45-39(50)35(46-41(52)54-42(4,5)6)28-36(48)47-43(30-18-12-9-13-19-30,31-20-14-10-15-21-31)32-22-16-11-17-23-32/h9-23,29,33-35,37-38,49H,7-8,24-28H2,1-6H3,(H,44,51)(H,45,50)(H,46,52)(H,47,48)/t33-,34-,35-,37-,38+/m0/s1. The molecule has 1 aliphatic rings. The topological polar surface area (TPSA) is 155 Å². The predicted octanol–water partition coefficient (Wildman–Crippen LogP) is 5.59. The van der Waals surface area contributed by atoms with E-state index in [0.717, 1.165) is 29.5 Å². The molecule has 0 radical (unpaired) electrons. The van der Waals surface area contributed by atoms with Gasteiger partial charge in [0.05, 0.1) is 18.6 Å². The summed E-state index contributed by atoms with van der Waals surface area (Å²) < 4.78 is 11.3. The first-order valence-corrected chi connectivity index (χ1v) is 19.1. The van der Waals surface area contributed by atoms with E-state index in [0.29, 0.717) is 26.0 Å². The number of benzene rings is 3. The van der Waals surface area contributed by atoms with E-state index < -0.39 is 65.7 Å². The maximum Gasteiger partial charge on any atom is 0.408 e. The number of alkyl carbamates (subject to hydrolysis) is 1. The molecule has 5 atom stereocenters. The highest BCUT2D eigenvalue weighted by atomic mass is 16.6. The molecule has 1 fully saturated rings. The molecule has 11 nitrogen and oxygen atoms in total. The predicted molar refractivity (Wildman–Crippen MR) is 208 cm³/mol. The maximum absolute atomic E-state index is 14.4. The molecular weight excluding hydrogens is 684 g/mol. The number of carbonyl (C=O) groups is 4. The van der Waals surface area contributed by atoms with Crippen molar-refractivity contribution in [3.8, 4) is 0 Å². The van der Waals surface area contributed by atoms with Gasteiger partial charge in [-0.2, -0.15) is 0 Å². The number of aliphatic hydroxyl groups excluding tert-OH is 1. The average molecular weight is 743 g/mol. The Kier molecular flexibility index (Phi) is 15.2. The summed E-state index contributed by atoms with van der Waals surface area (Å²) in [7, 11) is 0. The van der Waals surface area contributed by atoms with Crippen LogP contribution in [0.1, 0.15) is 90.3 Å². The molecule has 5 N–H and O–H groups in total. The zero-order chi connectivity index (χ0) is 39.3. The molecule has 4 amide bonds. The van der Waals surface area contributed by atoms with Crippen LogP contribution in [0.4, 0.5) is 4.79 Å². The van der Waals surface area contributed by atoms with Gasteiger partial charge >= 0.3 is 6.09 Å². The van der Waals surface area contributed by atoms with E-state index in [1.807, 2.05) is 112 Å². The molecule has 0 unspecified atom stereocenters. The van der Waals surface area contributed by atoms with Crippen LogP contribution in [0.2, 0.25) is 0 Å². The minimum atomic E-state index is -1.38. The van der Waals surface area contributed by atoms with Gasteiger partial charge in [0.2, 0.25) is 17.7 Å². The Labute approximate surface area is 320 Å². The summed E-state index contributed by atoms with van der Waals surface area (Å²) in [5.74, 6) is -2.00. The van der Waals surface area contributed by atoms with Crippen LogP contribution in [-0.2, 0) is 29.4 Å². The summed E-state index contributed by atoms with van der Waals surface area (Å²) in [5, 5.41) is 23.5. The van der Waals surface area contributed by atoms with Gasteiger partial charge in [-0.3, -0.25) is 14.4 Å². The molecule has 292 valence electrons. The molecule has 1 saturated heterocycles. The van der Waals surface area contributed by atoms with Crippen LogP contribution in [0.3, 0.4) is 0 Å². The van der Waals surface area contributed by atoms with Crippen molar-refractivity contribution in [1.29, 1.82) is 0 Å². The van der Waals surface area contributed by atoms with Crippen molar-refractivity contribution >= 4 is 23.8 Å². The Bertz CT molecular complexity index is 1550. The van der Waals surface area contributed by atoms with Gasteiger partial charge in [-0.1, -0.05) is 118 Å². The SMILES string of the molecule is CCCCNC(=O)[C@@H]1OCC[C@H]1[C@H](O)[C@H](CC(C)C)NC(=O)[C@H](CC(=O)NC(c1ccccc1)(c1ccccc1)c1ccccc1)NC(=O)OC(C)(C)C. The third kappa shape index (κ3) is 11.4. The van der Waals surface area contributed by atoms with E-state index in [1.54, 1.807) is 20.8 Å². The number of unbranched alkanes of at least 4 members (excludes halogenated alkanes) is 1. The van der Waals surface area contributed by atoms with Crippen molar-refractivity contribution in [3.05, 3.63) is 108 Å². The number of nitrogens with one attached hydrogen (secondary N) is 4. The largest absolute Gasteiger partial charge is 0.444 e. The van der Waals surface area contributed by atoms with Crippen molar-refractivity contribution < 1.29 is 33.8 Å². The molecule has 0 spiro atoms. The number of rotatable bonds is 17. The molecule has 4 rings (SSSR count). The number of ether oxygens (including phenoxy) is 2. The maximum atomic E-state index is 14.4. The van der Waals surface area contributed by atoms with Gasteiger partial charge < -0.3 is 35.8 Å². The average Bonchev–Trinajstić information content (AvgIpc) is 3.64. The molecular formula is C43H58N4O7. The van der Waals surface area contributed by atoms with Crippen LogP contribution in [0.15, 0.2) is 91.0 Å². The van der Waals surface area contributed by atoms with Crippen LogP contribution < -0.4 is 21.3 Å². The fraction of sp³-hybridized carbons (Fsp3) is 0.488. The molecule has 3 aromatic rings. The van der Waals surface area contributed by atoms with Gasteiger partial charge in [-0.15, -0.1) is 0 Å². The summed E-state index contributed by atoms with van der Waals surface area (Å²) >= 11 is 0. The Morgan fingerprint density at radius 3 is 1.87 bits per heavy atom. The molecule has 11 heteroatoms. The second kappa shape index (κ2) is 19.5. The van der Waals surface area contributed by atoms with Crippen molar-refractivity contribution in [2.45, 2.75) is 109 Å². The first kappa shape index (κ1) is 42.0. The van der Waals surface area contributed by atoms with Gasteiger partial charge in [0.1, 0.15) is 23.3 Å². The lowest BCUT2D eigenvalue weighted by atomic mass is 9.77. The zero-order valence-electron chi connectivity index (χ0n) is 32.5. The lowest BCUT2D eigenvalue weighted by molar-refractivity contribution is -0.135. The van der Waals surface area contributed by atoms with Crippen molar-refractivity contribution in [1.82, 2.24) is 21.3 Å². The first-order chi connectivity index (χ1) is 25.7. The Hall–Kier alpha value is -4.74. The summed E-state index contributed by atoms with van der Waals surface area (Å²) in [5.41, 5.74) is 0.360. The minimum Gasteiger partial charge on any atom is -0.444 e. The van der Waals surface area contributed by atoms with E-state index in [-0.39, 0.29) is 11.8 Å². The molecule has 54 heavy (non-hydrogen) atoms. The third-order valence-corrected chi connectivity index (χ3v) is 9.47. The second-order valence-electron chi connectivity index (χ2n) is 15.4. The highest BCUT2D eigenvalue weighted by molar-refractivity contribution is 5.92. The fourth-order valence-corrected chi connectivity index (χ4v) is 6.97. The quantitative estimate of drug-likeness (QED) is 0.0893. The van der Waals surface area contributed by atoms with Gasteiger partial charge in [0.25, 0.3) is 0 Å². The Balaban J connectivity index is 1.66. The van der Waals surface area contributed by atoms with E-state index in [2.05, 4.69) is 21.3 Å². The van der Waals surface area contributed by atoms with Gasteiger partial charge in [0, 0.05) is 19.1 Å². The number of amides is 4. The summed E-state index contributed by atoms with van der Waals surface area (Å²) in [6.07, 6.45) is -0.782. The van der Waals surface area contributed by atoms with Crippen LogP contribution in [-0.4, -0.2) is 72.0 Å². The summed E-state index contributed by atoms with van der Waals surface area (Å²) in [6.45, 7) is 11.9. The van der Waals surface area contributed by atoms with E-state index in [4.69, 9.17) is 9.47 Å². The van der Waals surface area contributed by atoms with Crippen LogP contribution in [0.5, 0.6) is 0 Å². The summed E-state index contributed by atoms with van der Waals surface area (Å²) in [6, 6.07) is 26.5. The lowest BCUT2D eigenvalue weighted by Crippen LogP contribution is -2.57. The van der Waals surface area contributed by atoms with Crippen LogP contribution in [0.25, 0.3) is 0 Å². The molecule has 3 aromatic carbocycles. The molecule has 0 saturated carbocycles. The Morgan fingerprint density at radius 2 is 1.39 bits per heavy atom. The smallest absolute Gasteiger partial charge is 0.408 e. The summed E-state index contributed by atoms with van der Waals surface area (Å²) in [4.78, 5) is 54.9. The van der Waals surface area contributed by atoms with Crippen molar-refractivity contribution in [2.24, 2.45) is 11.8 Å². The molecule has 0 bridgehead atoms. The third-order valence-electron chi connectivity index (χ3n) is 9.47. The van der Waals surface area contributed by atoms with Crippen LogP contribution in [0, 0.1) is 11.8 Å². The molecule has 0 aliphatic carbocycles. The normalized spacial score (nSPS) is 17.6. The van der Waals surface area contributed by atoms with E-state index in [9.17, 15) is 24.3 Å². The lowest BCUT2D eigenvalue weighted by Gasteiger charge is -2.37. The Morgan fingerprint density at radius 1 is 0.852 bits per heavy atom. The van der Waals surface area contributed by atoms with Crippen molar-refractivity contribution in [3.63, 3.8) is 0 Å². The van der Waals surface area contributed by atoms with Crippen LogP contribution >= 0.6 is 0 Å². The number of carbonyl (C=O) groups excluding carboxylic acids is 4. The molecule has 1 heterocycles. The number of hydrogen-bond donors (Lipinski definition) is 5. The highest BCUT2D eigenvalue weighted by Crippen LogP contribution is 2.37. The van der Waals surface area contributed by atoms with Gasteiger partial charge in [-0.05, 0) is 62.6 Å². The highest BCUT2D eigenvalue weighted by Gasteiger charge is 2.43. The number of hydrogen-bond acceptors (Lipinski definition) is 7. The first-order valence-electron chi connectivity index (χ1n) is 19.1. The zero-order valence-corrected chi connectivity index (χ0v) is 32.5. The second-order valence-corrected chi connectivity index (χ2v) is 15.4. The molecule has 1 aliphatic heterocycles. The van der Waals surface area contributed by atoms with Gasteiger partial charge in [0.15, 0.2) is 0 Å². The van der Waals surface area contributed by atoms with E-state index in [1.165, 1.54) is 0 Å². The minimum absolute atomic E-state index is 0.0490. The van der Waals surface area contributed by atoms with E-state index >= 15 is 0 Å². The molecule has 0 aromatic heterocycles. The van der Waals surface area contributed by atoms with Crippen molar-refractivity contribution in [2.75, 3.05) is 13.2 Å². The monoisotopic (exact) mass is 742 g/mol. The fourth-order valence-electron chi connectivity index (χ4n) is 6.97.